The molecule has 0 aliphatic carbocycles. The summed E-state index contributed by atoms with van der Waals surface area (Å²) in [7, 11) is 1.47. The first kappa shape index (κ1) is 23.5. The van der Waals surface area contributed by atoms with Gasteiger partial charge in [-0.25, -0.2) is 0 Å². The predicted octanol–water partition coefficient (Wildman–Crippen LogP) is 2.43. The highest BCUT2D eigenvalue weighted by Gasteiger charge is 2.37. The van der Waals surface area contributed by atoms with Crippen molar-refractivity contribution in [2.45, 2.75) is 46.6 Å². The Hall–Kier alpha value is -0.570. The second-order valence-electron chi connectivity index (χ2n) is 7.80. The number of halogens is 1. The molecule has 7 heteroatoms. The summed E-state index contributed by atoms with van der Waals surface area (Å²) in [5, 5.41) is 3.41. The molecule has 1 N–H and O–H groups in total. The van der Waals surface area contributed by atoms with E-state index in [2.05, 4.69) is 42.8 Å². The Morgan fingerprint density at radius 1 is 1.31 bits per heavy atom. The number of likely N-dealkylation sites (tertiary alicyclic amines) is 2. The fourth-order valence-corrected chi connectivity index (χ4v) is 3.95. The van der Waals surface area contributed by atoms with E-state index in [-0.39, 0.29) is 35.9 Å². The van der Waals surface area contributed by atoms with Crippen molar-refractivity contribution in [1.82, 2.24) is 15.1 Å². The summed E-state index contributed by atoms with van der Waals surface area (Å²) >= 11 is 0. The molecule has 0 bridgehead atoms. The summed E-state index contributed by atoms with van der Waals surface area (Å²) in [6, 6.07) is 0.611. The van der Waals surface area contributed by atoms with Crippen LogP contribution in [0.5, 0.6) is 0 Å². The van der Waals surface area contributed by atoms with Crippen molar-refractivity contribution in [3.63, 3.8) is 0 Å². The van der Waals surface area contributed by atoms with Gasteiger partial charge in [0.2, 0.25) is 0 Å². The van der Waals surface area contributed by atoms with E-state index >= 15 is 0 Å². The lowest BCUT2D eigenvalue weighted by Gasteiger charge is -2.35. The molecule has 2 rings (SSSR count). The zero-order chi connectivity index (χ0) is 18.4. The number of ether oxygens (including phenoxy) is 1. The zero-order valence-electron chi connectivity index (χ0n) is 17.0. The van der Waals surface area contributed by atoms with E-state index in [0.717, 1.165) is 32.1 Å². The molecule has 0 aromatic carbocycles. The van der Waals surface area contributed by atoms with Crippen molar-refractivity contribution in [2.24, 2.45) is 22.7 Å². The second kappa shape index (κ2) is 11.3. The Kier molecular flexibility index (Phi) is 10.2. The Balaban J connectivity index is 0.00000338. The lowest BCUT2D eigenvalue weighted by Crippen LogP contribution is -2.43. The summed E-state index contributed by atoms with van der Waals surface area (Å²) in [5.74, 6) is 1.71. The summed E-state index contributed by atoms with van der Waals surface area (Å²) in [5.41, 5.74) is 0. The van der Waals surface area contributed by atoms with Gasteiger partial charge < -0.3 is 19.9 Å². The number of hydrogen-bond donors (Lipinski definition) is 1. The number of nitrogens with zero attached hydrogens (tertiary/aromatic N) is 3. The van der Waals surface area contributed by atoms with E-state index in [1.54, 1.807) is 0 Å². The van der Waals surface area contributed by atoms with Gasteiger partial charge in [-0.05, 0) is 52.0 Å². The van der Waals surface area contributed by atoms with Crippen molar-refractivity contribution < 1.29 is 9.53 Å². The molecular weight excluding hydrogens is 443 g/mol. The van der Waals surface area contributed by atoms with Crippen molar-refractivity contribution in [2.75, 3.05) is 46.4 Å². The summed E-state index contributed by atoms with van der Waals surface area (Å²) in [6.07, 6.45) is 2.52. The minimum atomic E-state index is -0.106. The molecule has 0 amide bonds. The lowest BCUT2D eigenvalue weighted by atomic mass is 9.97. The van der Waals surface area contributed by atoms with Crippen LogP contribution in [-0.4, -0.2) is 74.1 Å². The molecule has 0 aromatic heterocycles. The molecule has 26 heavy (non-hydrogen) atoms. The molecule has 0 radical (unpaired) electrons. The highest BCUT2D eigenvalue weighted by Crippen LogP contribution is 2.24. The van der Waals surface area contributed by atoms with Gasteiger partial charge in [0.05, 0.1) is 13.0 Å². The van der Waals surface area contributed by atoms with Crippen LogP contribution in [0.15, 0.2) is 4.99 Å². The fraction of sp³-hybridized carbons (Fsp3) is 0.895. The van der Waals surface area contributed by atoms with E-state index in [1.807, 2.05) is 0 Å². The fourth-order valence-electron chi connectivity index (χ4n) is 3.95. The van der Waals surface area contributed by atoms with Crippen LogP contribution in [0.2, 0.25) is 0 Å². The standard InChI is InChI=1S/C19H36N4O2.HI/c1-6-20-19(23-11-15(4)17(13-23)18(24)25-5)21-10-16-8-7-9-22(12-16)14(2)3;/h14-17H,6-13H2,1-5H3,(H,20,21);1H. The predicted molar refractivity (Wildman–Crippen MR) is 117 cm³/mol. The average Bonchev–Trinajstić information content (AvgIpc) is 2.99. The average molecular weight is 480 g/mol. The zero-order valence-corrected chi connectivity index (χ0v) is 19.4. The van der Waals surface area contributed by atoms with Crippen LogP contribution < -0.4 is 5.32 Å². The van der Waals surface area contributed by atoms with Gasteiger partial charge in [0.15, 0.2) is 5.96 Å². The van der Waals surface area contributed by atoms with Crippen LogP contribution >= 0.6 is 24.0 Å². The highest BCUT2D eigenvalue weighted by atomic mass is 127. The van der Waals surface area contributed by atoms with Crippen LogP contribution in [0, 0.1) is 17.8 Å². The largest absolute Gasteiger partial charge is 0.469 e. The Morgan fingerprint density at radius 3 is 2.65 bits per heavy atom. The molecule has 2 saturated heterocycles. The molecule has 2 heterocycles. The van der Waals surface area contributed by atoms with Crippen molar-refractivity contribution in [3.05, 3.63) is 0 Å². The quantitative estimate of drug-likeness (QED) is 0.284. The van der Waals surface area contributed by atoms with E-state index in [0.29, 0.717) is 24.4 Å². The van der Waals surface area contributed by atoms with Gasteiger partial charge in [0.25, 0.3) is 0 Å². The van der Waals surface area contributed by atoms with Gasteiger partial charge in [0.1, 0.15) is 0 Å². The van der Waals surface area contributed by atoms with Gasteiger partial charge >= 0.3 is 5.97 Å². The number of rotatable bonds is 5. The number of methoxy groups -OCH3 is 1. The van der Waals surface area contributed by atoms with E-state index in [4.69, 9.17) is 9.73 Å². The molecule has 0 saturated carbocycles. The summed E-state index contributed by atoms with van der Waals surface area (Å²) in [6.45, 7) is 14.4. The van der Waals surface area contributed by atoms with Crippen LogP contribution in [0.3, 0.4) is 0 Å². The molecular formula is C19H37IN4O2. The molecule has 152 valence electrons. The third kappa shape index (κ3) is 6.25. The number of carbonyl (C=O) groups excluding carboxylic acids is 1. The summed E-state index contributed by atoms with van der Waals surface area (Å²) in [4.78, 5) is 21.6. The molecule has 0 spiro atoms. The monoisotopic (exact) mass is 480 g/mol. The minimum absolute atomic E-state index is 0. The first-order valence-electron chi connectivity index (χ1n) is 9.81. The molecule has 3 unspecified atom stereocenters. The van der Waals surface area contributed by atoms with Crippen LogP contribution in [0.1, 0.15) is 40.5 Å². The maximum Gasteiger partial charge on any atom is 0.310 e. The molecule has 2 aliphatic heterocycles. The van der Waals surface area contributed by atoms with E-state index in [9.17, 15) is 4.79 Å². The molecule has 0 aromatic rings. The van der Waals surface area contributed by atoms with Crippen LogP contribution in [0.25, 0.3) is 0 Å². The number of guanidine groups is 1. The maximum atomic E-state index is 11.9. The maximum absolute atomic E-state index is 11.9. The first-order valence-corrected chi connectivity index (χ1v) is 9.81. The highest BCUT2D eigenvalue weighted by molar-refractivity contribution is 14.0. The van der Waals surface area contributed by atoms with Gasteiger partial charge in [-0.1, -0.05) is 6.92 Å². The van der Waals surface area contributed by atoms with E-state index in [1.165, 1.54) is 26.5 Å². The topological polar surface area (TPSA) is 57.2 Å². The third-order valence-electron chi connectivity index (χ3n) is 5.53. The lowest BCUT2D eigenvalue weighted by molar-refractivity contribution is -0.145. The van der Waals surface area contributed by atoms with Crippen LogP contribution in [-0.2, 0) is 9.53 Å². The third-order valence-corrected chi connectivity index (χ3v) is 5.53. The molecule has 2 aliphatic rings. The Bertz CT molecular complexity index is 472. The van der Waals surface area contributed by atoms with Gasteiger partial charge in [-0.2, -0.15) is 0 Å². The van der Waals surface area contributed by atoms with Crippen LogP contribution in [0.4, 0.5) is 0 Å². The Labute approximate surface area is 176 Å². The Morgan fingerprint density at radius 2 is 2.04 bits per heavy atom. The molecule has 6 nitrogen and oxygen atoms in total. The van der Waals surface area contributed by atoms with Crippen molar-refractivity contribution >= 4 is 35.9 Å². The SMILES string of the molecule is CCNC(=NCC1CCCN(C(C)C)C1)N1CC(C)C(C(=O)OC)C1.I. The number of piperidine rings is 1. The first-order chi connectivity index (χ1) is 12.0. The smallest absolute Gasteiger partial charge is 0.310 e. The van der Waals surface area contributed by atoms with E-state index < -0.39 is 0 Å². The minimum Gasteiger partial charge on any atom is -0.469 e. The second-order valence-corrected chi connectivity index (χ2v) is 7.80. The van der Waals surface area contributed by atoms with Crippen molar-refractivity contribution in [1.29, 1.82) is 0 Å². The van der Waals surface area contributed by atoms with Crippen molar-refractivity contribution in [3.8, 4) is 0 Å². The van der Waals surface area contributed by atoms with Gasteiger partial charge in [0, 0.05) is 38.8 Å². The molecule has 2 fully saturated rings. The number of nitrogens with one attached hydrogen (secondary N) is 1. The molecule has 3 atom stereocenters. The van der Waals surface area contributed by atoms with Gasteiger partial charge in [-0.3, -0.25) is 9.79 Å². The number of carbonyl (C=O) groups is 1. The number of esters is 1. The summed E-state index contributed by atoms with van der Waals surface area (Å²) < 4.78 is 4.95. The van der Waals surface area contributed by atoms with Gasteiger partial charge in [-0.15, -0.1) is 24.0 Å². The normalized spacial score (nSPS) is 27.4. The number of hydrogen-bond acceptors (Lipinski definition) is 4. The number of aliphatic imine (C=N–C) groups is 1.